The van der Waals surface area contributed by atoms with Crippen molar-refractivity contribution < 1.29 is 19.0 Å². The number of aliphatic hydroxyl groups is 1. The van der Waals surface area contributed by atoms with Crippen LogP contribution >= 0.6 is 11.6 Å². The lowest BCUT2D eigenvalue weighted by atomic mass is 9.96. The van der Waals surface area contributed by atoms with Crippen LogP contribution < -0.4 is 15.3 Å². The molecule has 222 valence electrons. The molecule has 1 N–H and O–H groups in total. The van der Waals surface area contributed by atoms with Gasteiger partial charge in [0.15, 0.2) is 0 Å². The highest BCUT2D eigenvalue weighted by molar-refractivity contribution is 6.32. The third-order valence-corrected chi connectivity index (χ3v) is 8.00. The Labute approximate surface area is 249 Å². The van der Waals surface area contributed by atoms with E-state index in [1.807, 2.05) is 13.0 Å². The van der Waals surface area contributed by atoms with E-state index in [-0.39, 0.29) is 16.5 Å². The van der Waals surface area contributed by atoms with E-state index in [2.05, 4.69) is 28.6 Å². The van der Waals surface area contributed by atoms with Crippen molar-refractivity contribution in [1.29, 1.82) is 0 Å². The Hall–Kier alpha value is -3.70. The first-order valence-corrected chi connectivity index (χ1v) is 14.2. The van der Waals surface area contributed by atoms with Gasteiger partial charge < -0.3 is 24.0 Å². The van der Waals surface area contributed by atoms with E-state index >= 15 is 4.39 Å². The number of aliphatic hydroxyl groups excluding tert-OH is 1. The van der Waals surface area contributed by atoms with Gasteiger partial charge in [0.1, 0.15) is 11.6 Å². The molecule has 1 aliphatic rings. The zero-order chi connectivity index (χ0) is 30.1. The van der Waals surface area contributed by atoms with Crippen molar-refractivity contribution in [2.45, 2.75) is 33.3 Å². The highest BCUT2D eigenvalue weighted by atomic mass is 35.5. The molecular weight excluding hydrogens is 561 g/mol. The summed E-state index contributed by atoms with van der Waals surface area (Å²) in [5.41, 5.74) is 3.95. The first kappa shape index (κ1) is 29.8. The second kappa shape index (κ2) is 12.3. The van der Waals surface area contributed by atoms with Crippen LogP contribution in [0.15, 0.2) is 59.8 Å². The largest absolute Gasteiger partial charge is 0.440 e. The van der Waals surface area contributed by atoms with Gasteiger partial charge in [-0.3, -0.25) is 14.5 Å². The summed E-state index contributed by atoms with van der Waals surface area (Å²) in [6, 6.07) is 10.2. The van der Waals surface area contributed by atoms with Gasteiger partial charge in [-0.25, -0.2) is 9.18 Å². The van der Waals surface area contributed by atoms with Crippen LogP contribution in [-0.4, -0.2) is 69.9 Å². The predicted molar refractivity (Wildman–Crippen MR) is 162 cm³/mol. The van der Waals surface area contributed by atoms with Crippen molar-refractivity contribution in [2.24, 2.45) is 7.05 Å². The first-order chi connectivity index (χ1) is 20.1. The van der Waals surface area contributed by atoms with E-state index in [0.29, 0.717) is 34.0 Å². The molecule has 5 rings (SSSR count). The van der Waals surface area contributed by atoms with Crippen LogP contribution in [-0.2, 0) is 11.8 Å². The summed E-state index contributed by atoms with van der Waals surface area (Å²) in [5.74, 6) is -0.306. The van der Waals surface area contributed by atoms with E-state index in [1.165, 1.54) is 28.4 Å². The van der Waals surface area contributed by atoms with Crippen LogP contribution in [0.4, 0.5) is 10.1 Å². The van der Waals surface area contributed by atoms with E-state index in [1.54, 1.807) is 43.8 Å². The highest BCUT2D eigenvalue weighted by Gasteiger charge is 2.24. The first-order valence-electron chi connectivity index (χ1n) is 13.8. The van der Waals surface area contributed by atoms with Gasteiger partial charge in [-0.05, 0) is 56.7 Å². The third-order valence-electron chi connectivity index (χ3n) is 7.70. The highest BCUT2D eigenvalue weighted by Crippen LogP contribution is 2.42. The number of hydrogen-bond donors (Lipinski definition) is 1. The molecule has 2 aromatic carbocycles. The van der Waals surface area contributed by atoms with Crippen LogP contribution in [0.3, 0.4) is 0 Å². The number of hydrogen-bond acceptors (Lipinski definition) is 7. The number of aromatic nitrogens is 3. The minimum Gasteiger partial charge on any atom is -0.440 e. The Balaban J connectivity index is 1.59. The fourth-order valence-electron chi connectivity index (χ4n) is 5.28. The number of piperazine rings is 1. The summed E-state index contributed by atoms with van der Waals surface area (Å²) in [6.07, 6.45) is 4.93. The number of methoxy groups -OCH3 is 1. The molecule has 0 saturated carbocycles. The van der Waals surface area contributed by atoms with Crippen LogP contribution in [0.25, 0.3) is 27.9 Å². The SMILES string of the molecule is COC(O)Oc1c(-c2ccc(-n3ccn(C)c3=O)c(Cl)c2)cc(F)cc1-c1cnc(C)c(N2CCN(C(C)C)CC2)c1. The van der Waals surface area contributed by atoms with E-state index in [0.717, 1.165) is 37.6 Å². The number of halogens is 2. The molecule has 4 aromatic rings. The van der Waals surface area contributed by atoms with Gasteiger partial charge in [0, 0.05) is 81.7 Å². The normalized spacial score (nSPS) is 14.9. The van der Waals surface area contributed by atoms with Crippen molar-refractivity contribution in [1.82, 2.24) is 19.0 Å². The minimum atomic E-state index is -1.60. The van der Waals surface area contributed by atoms with Gasteiger partial charge in [0.25, 0.3) is 0 Å². The summed E-state index contributed by atoms with van der Waals surface area (Å²) in [7, 11) is 2.95. The number of rotatable bonds is 8. The smallest absolute Gasteiger partial charge is 0.332 e. The third kappa shape index (κ3) is 5.94. The summed E-state index contributed by atoms with van der Waals surface area (Å²) in [5, 5.41) is 10.6. The Morgan fingerprint density at radius 3 is 2.29 bits per heavy atom. The molecule has 11 heteroatoms. The molecule has 1 aliphatic heterocycles. The number of nitrogens with zero attached hydrogens (tertiary/aromatic N) is 5. The van der Waals surface area contributed by atoms with Crippen molar-refractivity contribution in [3.05, 3.63) is 82.0 Å². The number of imidazole rings is 1. The lowest BCUT2D eigenvalue weighted by Gasteiger charge is -2.38. The van der Waals surface area contributed by atoms with Gasteiger partial charge in [-0.1, -0.05) is 17.7 Å². The van der Waals surface area contributed by atoms with Crippen LogP contribution in [0.2, 0.25) is 5.02 Å². The minimum absolute atomic E-state index is 0.202. The van der Waals surface area contributed by atoms with Gasteiger partial charge in [-0.15, -0.1) is 0 Å². The van der Waals surface area contributed by atoms with Gasteiger partial charge in [0.2, 0.25) is 0 Å². The van der Waals surface area contributed by atoms with Gasteiger partial charge >= 0.3 is 12.2 Å². The number of aryl methyl sites for hydroxylation is 2. The van der Waals surface area contributed by atoms with Crippen molar-refractivity contribution in [3.8, 4) is 33.7 Å². The molecule has 1 atom stereocenters. The Morgan fingerprint density at radius 2 is 1.69 bits per heavy atom. The summed E-state index contributed by atoms with van der Waals surface area (Å²) in [4.78, 5) is 21.9. The maximum atomic E-state index is 15.3. The van der Waals surface area contributed by atoms with Crippen molar-refractivity contribution >= 4 is 17.3 Å². The van der Waals surface area contributed by atoms with Gasteiger partial charge in [-0.2, -0.15) is 0 Å². The maximum absolute atomic E-state index is 15.3. The molecule has 0 radical (unpaired) electrons. The zero-order valence-electron chi connectivity index (χ0n) is 24.3. The van der Waals surface area contributed by atoms with E-state index in [9.17, 15) is 9.90 Å². The number of ether oxygens (including phenoxy) is 2. The number of anilines is 1. The summed E-state index contributed by atoms with van der Waals surface area (Å²) in [6.45, 7) is 8.31. The molecule has 1 saturated heterocycles. The zero-order valence-corrected chi connectivity index (χ0v) is 25.1. The average Bonchev–Trinajstić information content (AvgIpc) is 3.31. The Kier molecular flexibility index (Phi) is 8.70. The van der Waals surface area contributed by atoms with Crippen molar-refractivity contribution in [2.75, 3.05) is 38.2 Å². The summed E-state index contributed by atoms with van der Waals surface area (Å²) < 4.78 is 29.0. The van der Waals surface area contributed by atoms with E-state index < -0.39 is 12.3 Å². The lowest BCUT2D eigenvalue weighted by molar-refractivity contribution is -0.199. The fraction of sp³-hybridized carbons (Fsp3) is 0.355. The van der Waals surface area contributed by atoms with Gasteiger partial charge in [0.05, 0.1) is 22.1 Å². The second-order valence-corrected chi connectivity index (χ2v) is 11.1. The standard InChI is InChI=1S/C31H35ClFN5O4/c1-19(2)36-9-11-37(12-10-36)28-15-22(18-34-20(28)3)25-17-23(33)16-24(29(25)42-31(40)41-5)21-6-7-27(26(32)14-21)38-13-8-35(4)30(38)39/h6-8,13-19,31,40H,9-12H2,1-5H3. The number of pyridine rings is 1. The topological polar surface area (TPSA) is 85.0 Å². The molecule has 3 heterocycles. The number of benzene rings is 2. The van der Waals surface area contributed by atoms with Crippen LogP contribution in [0.5, 0.6) is 5.75 Å². The average molecular weight is 596 g/mol. The van der Waals surface area contributed by atoms with Crippen LogP contribution in [0.1, 0.15) is 19.5 Å². The maximum Gasteiger partial charge on any atom is 0.332 e. The van der Waals surface area contributed by atoms with Crippen LogP contribution in [0, 0.1) is 12.7 Å². The lowest BCUT2D eigenvalue weighted by Crippen LogP contribution is -2.49. The second-order valence-electron chi connectivity index (χ2n) is 10.7. The molecule has 0 aliphatic carbocycles. The predicted octanol–water partition coefficient (Wildman–Crippen LogP) is 4.84. The quantitative estimate of drug-likeness (QED) is 0.292. The molecule has 42 heavy (non-hydrogen) atoms. The molecule has 0 spiro atoms. The fourth-order valence-corrected chi connectivity index (χ4v) is 5.56. The molecule has 9 nitrogen and oxygen atoms in total. The monoisotopic (exact) mass is 595 g/mol. The molecular formula is C31H35ClFN5O4. The molecule has 0 amide bonds. The molecule has 1 fully saturated rings. The summed E-state index contributed by atoms with van der Waals surface area (Å²) >= 11 is 6.63. The van der Waals surface area contributed by atoms with Crippen molar-refractivity contribution in [3.63, 3.8) is 0 Å². The Bertz CT molecular complexity index is 1650. The Morgan fingerprint density at radius 1 is 1.00 bits per heavy atom. The molecule has 0 bridgehead atoms. The molecule has 2 aromatic heterocycles. The molecule has 1 unspecified atom stereocenters. The van der Waals surface area contributed by atoms with E-state index in [4.69, 9.17) is 21.1 Å².